The molecular formula is C3H6OS2. The summed E-state index contributed by atoms with van der Waals surface area (Å²) in [5.74, 6) is 0.520. The molecule has 0 N–H and O–H groups in total. The topological polar surface area (TPSA) is 17.1 Å². The normalized spacial score (nSPS) is 13.7. The molecule has 0 aromatic rings. The molecule has 0 aromatic heterocycles. The number of aldehydes is 1. The van der Waals surface area contributed by atoms with E-state index in [4.69, 9.17) is 0 Å². The minimum atomic E-state index is -0.187. The lowest BCUT2D eigenvalue weighted by Gasteiger charge is -1.88. The molecule has 0 aromatic carbocycles. The molecule has 0 fully saturated rings. The highest BCUT2D eigenvalue weighted by Crippen LogP contribution is 1.89. The smallest absolute Gasteiger partial charge is 0.133 e. The predicted octanol–water partition coefficient (Wildman–Crippen LogP) is 0.414. The van der Waals surface area contributed by atoms with Crippen LogP contribution >= 0.6 is 25.3 Å². The first kappa shape index (κ1) is 6.37. The molecule has 3 heteroatoms. The zero-order valence-corrected chi connectivity index (χ0v) is 4.95. The summed E-state index contributed by atoms with van der Waals surface area (Å²) in [7, 11) is 0. The lowest BCUT2D eigenvalue weighted by Crippen LogP contribution is -1.99. The van der Waals surface area contributed by atoms with E-state index in [9.17, 15) is 4.79 Å². The fraction of sp³-hybridized carbons (Fsp3) is 0.667. The van der Waals surface area contributed by atoms with Crippen LogP contribution < -0.4 is 0 Å². The number of hydrogen-bond donors (Lipinski definition) is 2. The summed E-state index contributed by atoms with van der Waals surface area (Å²) in [6, 6.07) is 0. The van der Waals surface area contributed by atoms with Gasteiger partial charge in [0.1, 0.15) is 6.29 Å². The Bertz CT molecular complexity index is 46.1. The average molecular weight is 122 g/mol. The largest absolute Gasteiger partial charge is 0.302 e. The SMILES string of the molecule is O=CC(S)CS. The fourth-order valence-electron chi connectivity index (χ4n) is 0.0430. The van der Waals surface area contributed by atoms with Crippen LogP contribution in [0.25, 0.3) is 0 Å². The minimum Gasteiger partial charge on any atom is -0.302 e. The van der Waals surface area contributed by atoms with Crippen molar-refractivity contribution in [3.63, 3.8) is 0 Å². The van der Waals surface area contributed by atoms with E-state index >= 15 is 0 Å². The molecule has 0 heterocycles. The Balaban J connectivity index is 2.96. The minimum absolute atomic E-state index is 0.187. The van der Waals surface area contributed by atoms with Gasteiger partial charge < -0.3 is 4.79 Å². The van der Waals surface area contributed by atoms with Crippen LogP contribution in [0.4, 0.5) is 0 Å². The maximum atomic E-state index is 9.61. The lowest BCUT2D eigenvalue weighted by atomic mass is 10.5. The number of thiol groups is 2. The van der Waals surface area contributed by atoms with E-state index in [2.05, 4.69) is 25.3 Å². The summed E-state index contributed by atoms with van der Waals surface area (Å²) in [6.07, 6.45) is 0.760. The van der Waals surface area contributed by atoms with E-state index in [1.165, 1.54) is 0 Å². The lowest BCUT2D eigenvalue weighted by molar-refractivity contribution is -0.107. The molecular weight excluding hydrogens is 116 g/mol. The number of hydrogen-bond acceptors (Lipinski definition) is 3. The second-order valence-corrected chi connectivity index (χ2v) is 1.91. The first-order chi connectivity index (χ1) is 2.81. The Morgan fingerprint density at radius 2 is 2.33 bits per heavy atom. The molecule has 0 aliphatic rings. The van der Waals surface area contributed by atoms with Gasteiger partial charge in [0.25, 0.3) is 0 Å². The van der Waals surface area contributed by atoms with Crippen molar-refractivity contribution in [1.82, 2.24) is 0 Å². The van der Waals surface area contributed by atoms with Crippen molar-refractivity contribution in [1.29, 1.82) is 0 Å². The molecule has 0 saturated heterocycles. The second-order valence-electron chi connectivity index (χ2n) is 0.886. The average Bonchev–Trinajstić information content (AvgIpc) is 1.65. The Labute approximate surface area is 47.9 Å². The van der Waals surface area contributed by atoms with Crippen molar-refractivity contribution in [2.75, 3.05) is 5.75 Å². The Kier molecular flexibility index (Phi) is 3.78. The molecule has 0 aliphatic carbocycles. The molecule has 0 aliphatic heterocycles. The van der Waals surface area contributed by atoms with E-state index in [1.54, 1.807) is 0 Å². The van der Waals surface area contributed by atoms with Gasteiger partial charge in [0.15, 0.2) is 0 Å². The third-order valence-electron chi connectivity index (χ3n) is 0.344. The standard InChI is InChI=1S/C3H6OS2/c4-1-3(6)2-5/h1,3,5-6H,2H2. The van der Waals surface area contributed by atoms with Gasteiger partial charge >= 0.3 is 0 Å². The van der Waals surface area contributed by atoms with Gasteiger partial charge in [0.05, 0.1) is 5.25 Å². The first-order valence-corrected chi connectivity index (χ1v) is 2.70. The summed E-state index contributed by atoms with van der Waals surface area (Å²) in [5, 5.41) is -0.187. The van der Waals surface area contributed by atoms with Crippen LogP contribution in [-0.2, 0) is 4.79 Å². The molecule has 36 valence electrons. The fourth-order valence-corrected chi connectivity index (χ4v) is 0.129. The van der Waals surface area contributed by atoms with Crippen molar-refractivity contribution < 1.29 is 4.79 Å². The third kappa shape index (κ3) is 2.60. The van der Waals surface area contributed by atoms with Crippen LogP contribution in [0, 0.1) is 0 Å². The maximum Gasteiger partial charge on any atom is 0.133 e. The summed E-state index contributed by atoms with van der Waals surface area (Å²) in [6.45, 7) is 0. The second kappa shape index (κ2) is 3.56. The van der Waals surface area contributed by atoms with Gasteiger partial charge in [-0.1, -0.05) is 0 Å². The van der Waals surface area contributed by atoms with Crippen molar-refractivity contribution in [2.24, 2.45) is 0 Å². The predicted molar refractivity (Wildman–Crippen MR) is 32.7 cm³/mol. The molecule has 0 amide bonds. The third-order valence-corrected chi connectivity index (χ3v) is 1.33. The highest BCUT2D eigenvalue weighted by Gasteiger charge is 1.91. The maximum absolute atomic E-state index is 9.61. The van der Waals surface area contributed by atoms with Crippen molar-refractivity contribution in [3.05, 3.63) is 0 Å². The van der Waals surface area contributed by atoms with Crippen LogP contribution in [0.15, 0.2) is 0 Å². The molecule has 0 saturated carbocycles. The molecule has 0 bridgehead atoms. The van der Waals surface area contributed by atoms with Gasteiger partial charge in [0.2, 0.25) is 0 Å². The number of rotatable bonds is 2. The van der Waals surface area contributed by atoms with E-state index in [0.717, 1.165) is 6.29 Å². The van der Waals surface area contributed by atoms with Gasteiger partial charge in [-0.2, -0.15) is 25.3 Å². The molecule has 1 atom stereocenters. The van der Waals surface area contributed by atoms with Crippen LogP contribution in [0.1, 0.15) is 0 Å². The number of carbonyl (C=O) groups is 1. The molecule has 0 spiro atoms. The molecule has 0 rings (SSSR count). The molecule has 1 nitrogen and oxygen atoms in total. The van der Waals surface area contributed by atoms with Crippen molar-refractivity contribution >= 4 is 31.5 Å². The Hall–Kier alpha value is 0.370. The van der Waals surface area contributed by atoms with E-state index < -0.39 is 0 Å². The summed E-state index contributed by atoms with van der Waals surface area (Å²) >= 11 is 7.57. The van der Waals surface area contributed by atoms with E-state index in [0.29, 0.717) is 5.75 Å². The highest BCUT2D eigenvalue weighted by atomic mass is 32.1. The van der Waals surface area contributed by atoms with Crippen molar-refractivity contribution in [2.45, 2.75) is 5.25 Å². The number of carbonyl (C=O) groups excluding carboxylic acids is 1. The van der Waals surface area contributed by atoms with Crippen LogP contribution in [0.3, 0.4) is 0 Å². The van der Waals surface area contributed by atoms with Gasteiger partial charge in [-0.3, -0.25) is 0 Å². The van der Waals surface area contributed by atoms with E-state index in [1.807, 2.05) is 0 Å². The van der Waals surface area contributed by atoms with Gasteiger partial charge in [-0.05, 0) is 0 Å². The summed E-state index contributed by atoms with van der Waals surface area (Å²) < 4.78 is 0. The Morgan fingerprint density at radius 1 is 1.83 bits per heavy atom. The quantitative estimate of drug-likeness (QED) is 0.401. The van der Waals surface area contributed by atoms with E-state index in [-0.39, 0.29) is 5.25 Å². The van der Waals surface area contributed by atoms with Gasteiger partial charge in [0, 0.05) is 5.75 Å². The highest BCUT2D eigenvalue weighted by molar-refractivity contribution is 7.85. The van der Waals surface area contributed by atoms with Gasteiger partial charge in [-0.15, -0.1) is 0 Å². The zero-order valence-electron chi connectivity index (χ0n) is 3.16. The first-order valence-electron chi connectivity index (χ1n) is 1.55. The molecule has 1 unspecified atom stereocenters. The van der Waals surface area contributed by atoms with Crippen LogP contribution in [-0.4, -0.2) is 17.3 Å². The summed E-state index contributed by atoms with van der Waals surface area (Å²) in [4.78, 5) is 9.61. The van der Waals surface area contributed by atoms with Gasteiger partial charge in [-0.25, -0.2) is 0 Å². The van der Waals surface area contributed by atoms with Crippen LogP contribution in [0.5, 0.6) is 0 Å². The Morgan fingerprint density at radius 3 is 2.33 bits per heavy atom. The zero-order chi connectivity index (χ0) is 4.99. The summed E-state index contributed by atoms with van der Waals surface area (Å²) in [5.41, 5.74) is 0. The molecule has 6 heavy (non-hydrogen) atoms. The van der Waals surface area contributed by atoms with Crippen LogP contribution in [0.2, 0.25) is 0 Å². The molecule has 0 radical (unpaired) electrons. The van der Waals surface area contributed by atoms with Crippen molar-refractivity contribution in [3.8, 4) is 0 Å². The monoisotopic (exact) mass is 122 g/mol.